The standard InChI is InChI=1S/C17H21N3OS.C7H15NO.C2H6/c1-12-16(22-11-19-12)14-7-5-13(6-8-14)10-18-17(21)15-4-3-9-20(15)2;1-7(2,3)6(5-9)8-4;1-2/h5-8,11,15H,3-4,9-10H2,1-2H3,(H,18,21);5-6,8H,1-4H3;1-2H3/t15-;6-;/m01./s1. The van der Waals surface area contributed by atoms with Crippen LogP contribution >= 0.6 is 11.3 Å². The van der Waals surface area contributed by atoms with Crippen molar-refractivity contribution in [3.63, 3.8) is 0 Å². The number of nitrogens with zero attached hydrogens (tertiary/aromatic N) is 2. The van der Waals surface area contributed by atoms with Crippen LogP contribution in [0.25, 0.3) is 10.4 Å². The topological polar surface area (TPSA) is 74.3 Å². The van der Waals surface area contributed by atoms with Crippen molar-refractivity contribution in [2.75, 3.05) is 20.6 Å². The van der Waals surface area contributed by atoms with Gasteiger partial charge in [0.05, 0.1) is 28.2 Å². The summed E-state index contributed by atoms with van der Waals surface area (Å²) in [5.41, 5.74) is 5.29. The minimum atomic E-state index is -0.0301. The van der Waals surface area contributed by atoms with Crippen molar-refractivity contribution in [2.24, 2.45) is 5.41 Å². The van der Waals surface area contributed by atoms with Crippen LogP contribution in [0.1, 0.15) is 58.7 Å². The average molecular weight is 475 g/mol. The Morgan fingerprint density at radius 3 is 2.30 bits per heavy atom. The summed E-state index contributed by atoms with van der Waals surface area (Å²) < 4.78 is 0. The van der Waals surface area contributed by atoms with Crippen molar-refractivity contribution in [2.45, 2.75) is 73.0 Å². The van der Waals surface area contributed by atoms with Gasteiger partial charge in [-0.05, 0) is 56.9 Å². The molecule has 0 saturated carbocycles. The maximum atomic E-state index is 12.2. The largest absolute Gasteiger partial charge is 0.351 e. The van der Waals surface area contributed by atoms with Crippen LogP contribution in [0.4, 0.5) is 0 Å². The first-order valence-electron chi connectivity index (χ1n) is 11.8. The second-order valence-electron chi connectivity index (χ2n) is 9.09. The molecule has 1 aliphatic rings. The number of hydrogen-bond acceptors (Lipinski definition) is 6. The second kappa shape index (κ2) is 14.2. The van der Waals surface area contributed by atoms with Crippen LogP contribution in [-0.4, -0.2) is 54.8 Å². The van der Waals surface area contributed by atoms with Gasteiger partial charge in [-0.3, -0.25) is 9.69 Å². The summed E-state index contributed by atoms with van der Waals surface area (Å²) in [6.07, 6.45) is 3.02. The van der Waals surface area contributed by atoms with E-state index in [9.17, 15) is 9.59 Å². The molecule has 2 N–H and O–H groups in total. The van der Waals surface area contributed by atoms with E-state index in [0.29, 0.717) is 6.54 Å². The summed E-state index contributed by atoms with van der Waals surface area (Å²) in [7, 11) is 3.81. The second-order valence-corrected chi connectivity index (χ2v) is 9.94. The molecule has 184 valence electrons. The molecule has 0 unspecified atom stereocenters. The number of likely N-dealkylation sites (tertiary alicyclic amines) is 1. The molecular formula is C26H42N4O2S. The van der Waals surface area contributed by atoms with E-state index in [1.54, 1.807) is 18.4 Å². The molecule has 0 aliphatic carbocycles. The third-order valence-corrected chi connectivity index (χ3v) is 6.61. The van der Waals surface area contributed by atoms with Gasteiger partial charge in [0.25, 0.3) is 0 Å². The molecule has 3 rings (SSSR count). The number of rotatable bonds is 6. The van der Waals surface area contributed by atoms with E-state index in [-0.39, 0.29) is 23.4 Å². The SMILES string of the molecule is CC.CN[C@H](C=O)C(C)(C)C.Cc1ncsc1-c1ccc(CNC(=O)[C@@H]2CCCN2C)cc1. The van der Waals surface area contributed by atoms with Gasteiger partial charge in [0.15, 0.2) is 0 Å². The summed E-state index contributed by atoms with van der Waals surface area (Å²) in [5.74, 6) is 0.141. The zero-order chi connectivity index (χ0) is 25.0. The Hall–Kier alpha value is -2.09. The van der Waals surface area contributed by atoms with Crippen LogP contribution in [0.5, 0.6) is 0 Å². The monoisotopic (exact) mass is 474 g/mol. The van der Waals surface area contributed by atoms with Crippen molar-refractivity contribution < 1.29 is 9.59 Å². The molecule has 2 aromatic rings. The quantitative estimate of drug-likeness (QED) is 0.595. The molecule has 2 heterocycles. The summed E-state index contributed by atoms with van der Waals surface area (Å²) in [6, 6.07) is 8.37. The van der Waals surface area contributed by atoms with E-state index in [1.165, 1.54) is 10.4 Å². The Morgan fingerprint density at radius 2 is 1.91 bits per heavy atom. The highest BCUT2D eigenvalue weighted by atomic mass is 32.1. The summed E-state index contributed by atoms with van der Waals surface area (Å²) >= 11 is 1.66. The number of amides is 1. The van der Waals surface area contributed by atoms with Gasteiger partial charge < -0.3 is 15.4 Å². The fraction of sp³-hybridized carbons (Fsp3) is 0.577. The maximum Gasteiger partial charge on any atom is 0.237 e. The molecule has 1 aliphatic heterocycles. The van der Waals surface area contributed by atoms with Gasteiger partial charge in [-0.25, -0.2) is 4.98 Å². The average Bonchev–Trinajstić information content (AvgIpc) is 3.42. The predicted molar refractivity (Wildman–Crippen MR) is 140 cm³/mol. The van der Waals surface area contributed by atoms with Gasteiger partial charge in [0.2, 0.25) is 5.91 Å². The summed E-state index contributed by atoms with van der Waals surface area (Å²) in [4.78, 5) is 30.1. The van der Waals surface area contributed by atoms with Gasteiger partial charge >= 0.3 is 0 Å². The van der Waals surface area contributed by atoms with Crippen molar-refractivity contribution >= 4 is 23.5 Å². The Morgan fingerprint density at radius 1 is 1.27 bits per heavy atom. The molecule has 2 atom stereocenters. The molecule has 7 heteroatoms. The number of benzene rings is 1. The van der Waals surface area contributed by atoms with Crippen LogP contribution in [-0.2, 0) is 16.1 Å². The molecular weight excluding hydrogens is 432 g/mol. The van der Waals surface area contributed by atoms with Crippen LogP contribution in [0.2, 0.25) is 0 Å². The fourth-order valence-corrected chi connectivity index (χ4v) is 4.42. The van der Waals surface area contributed by atoms with E-state index >= 15 is 0 Å². The third kappa shape index (κ3) is 8.99. The lowest BCUT2D eigenvalue weighted by molar-refractivity contribution is -0.125. The molecule has 0 bridgehead atoms. The summed E-state index contributed by atoms with van der Waals surface area (Å²) in [6.45, 7) is 13.7. The number of aromatic nitrogens is 1. The van der Waals surface area contributed by atoms with E-state index in [0.717, 1.165) is 36.9 Å². The Kier molecular flexibility index (Phi) is 12.5. The minimum absolute atomic E-state index is 0.0301. The number of thiazole rings is 1. The fourth-order valence-electron chi connectivity index (χ4n) is 3.61. The molecule has 0 spiro atoms. The van der Waals surface area contributed by atoms with Crippen LogP contribution < -0.4 is 10.6 Å². The van der Waals surface area contributed by atoms with Gasteiger partial charge in [-0.1, -0.05) is 58.9 Å². The van der Waals surface area contributed by atoms with Gasteiger partial charge in [0.1, 0.15) is 6.29 Å². The molecule has 1 aromatic carbocycles. The lowest BCUT2D eigenvalue weighted by atomic mass is 9.88. The number of nitrogens with one attached hydrogen (secondary N) is 2. The molecule has 1 fully saturated rings. The predicted octanol–water partition coefficient (Wildman–Crippen LogP) is 4.67. The lowest BCUT2D eigenvalue weighted by Crippen LogP contribution is -2.41. The van der Waals surface area contributed by atoms with Crippen LogP contribution in [0.15, 0.2) is 29.8 Å². The molecule has 1 aromatic heterocycles. The third-order valence-electron chi connectivity index (χ3n) is 5.63. The minimum Gasteiger partial charge on any atom is -0.351 e. The van der Waals surface area contributed by atoms with Gasteiger partial charge in [0, 0.05) is 6.54 Å². The Bertz CT molecular complexity index is 843. The van der Waals surface area contributed by atoms with E-state index in [4.69, 9.17) is 0 Å². The number of carbonyl (C=O) groups excluding carboxylic acids is 2. The molecule has 33 heavy (non-hydrogen) atoms. The molecule has 1 amide bonds. The van der Waals surface area contributed by atoms with Crippen LogP contribution in [0, 0.1) is 12.3 Å². The van der Waals surface area contributed by atoms with Crippen molar-refractivity contribution in [1.29, 1.82) is 0 Å². The van der Waals surface area contributed by atoms with Gasteiger partial charge in [-0.15, -0.1) is 11.3 Å². The molecule has 0 radical (unpaired) electrons. The van der Waals surface area contributed by atoms with E-state index in [1.807, 2.05) is 54.1 Å². The normalized spacial score (nSPS) is 16.7. The van der Waals surface area contributed by atoms with Crippen molar-refractivity contribution in [3.05, 3.63) is 41.0 Å². The highest BCUT2D eigenvalue weighted by Crippen LogP contribution is 2.27. The van der Waals surface area contributed by atoms with Crippen molar-refractivity contribution in [1.82, 2.24) is 20.5 Å². The van der Waals surface area contributed by atoms with E-state index < -0.39 is 0 Å². The Labute approximate surface area is 204 Å². The maximum absolute atomic E-state index is 12.2. The molecule has 6 nitrogen and oxygen atoms in total. The number of carbonyl (C=O) groups is 2. The highest BCUT2D eigenvalue weighted by molar-refractivity contribution is 7.13. The first-order valence-corrected chi connectivity index (χ1v) is 12.6. The summed E-state index contributed by atoms with van der Waals surface area (Å²) in [5, 5.41) is 5.97. The number of aryl methyl sites for hydroxylation is 1. The Balaban J connectivity index is 0.000000420. The number of hydrogen-bond donors (Lipinski definition) is 2. The van der Waals surface area contributed by atoms with E-state index in [2.05, 4.69) is 44.8 Å². The highest BCUT2D eigenvalue weighted by Gasteiger charge is 2.27. The molecule has 1 saturated heterocycles. The lowest BCUT2D eigenvalue weighted by Gasteiger charge is -2.24. The number of aldehydes is 1. The van der Waals surface area contributed by atoms with Crippen molar-refractivity contribution in [3.8, 4) is 10.4 Å². The smallest absolute Gasteiger partial charge is 0.237 e. The zero-order valence-corrected chi connectivity index (χ0v) is 22.4. The first-order chi connectivity index (χ1) is 15.7. The first kappa shape index (κ1) is 28.9. The number of likely N-dealkylation sites (N-methyl/N-ethyl adjacent to an activating group) is 2. The van der Waals surface area contributed by atoms with Crippen LogP contribution in [0.3, 0.4) is 0 Å². The zero-order valence-electron chi connectivity index (χ0n) is 21.6. The van der Waals surface area contributed by atoms with Gasteiger partial charge in [-0.2, -0.15) is 0 Å².